The van der Waals surface area contributed by atoms with Crippen LogP contribution >= 0.6 is 0 Å². The van der Waals surface area contributed by atoms with Crippen molar-refractivity contribution < 1.29 is 13.2 Å². The van der Waals surface area contributed by atoms with Crippen LogP contribution in [-0.2, 0) is 12.6 Å². The Morgan fingerprint density at radius 2 is 1.90 bits per heavy atom. The molecule has 0 saturated carbocycles. The fourth-order valence-electron chi connectivity index (χ4n) is 3.85. The van der Waals surface area contributed by atoms with E-state index in [1.165, 1.54) is 12.1 Å². The van der Waals surface area contributed by atoms with Crippen molar-refractivity contribution in [1.29, 1.82) is 0 Å². The predicted octanol–water partition coefficient (Wildman–Crippen LogP) is 3.86. The minimum absolute atomic E-state index is 0.0253. The summed E-state index contributed by atoms with van der Waals surface area (Å²) >= 11 is 0. The van der Waals surface area contributed by atoms with Crippen molar-refractivity contribution in [2.75, 3.05) is 36.0 Å². The molecular formula is C21H29F3N6. The van der Waals surface area contributed by atoms with E-state index in [1.54, 1.807) is 0 Å². The highest BCUT2D eigenvalue weighted by molar-refractivity contribution is 5.81. The average molecular weight is 422 g/mol. The Morgan fingerprint density at radius 3 is 2.57 bits per heavy atom. The number of anilines is 3. The largest absolute Gasteiger partial charge is 0.419 e. The fraction of sp³-hybridized carbons (Fsp3) is 0.524. The number of nitrogens with zero attached hydrogens (tertiary/aromatic N) is 3. The van der Waals surface area contributed by atoms with E-state index in [1.807, 2.05) is 6.07 Å². The highest BCUT2D eigenvalue weighted by Crippen LogP contribution is 2.43. The summed E-state index contributed by atoms with van der Waals surface area (Å²) in [6.07, 6.45) is -1.22. The van der Waals surface area contributed by atoms with Crippen molar-refractivity contribution in [2.24, 2.45) is 0 Å². The van der Waals surface area contributed by atoms with E-state index in [0.717, 1.165) is 38.9 Å². The smallest absolute Gasteiger partial charge is 0.398 e. The molecule has 1 aromatic heterocycles. The van der Waals surface area contributed by atoms with E-state index in [0.29, 0.717) is 24.0 Å². The summed E-state index contributed by atoms with van der Waals surface area (Å²) in [5.41, 5.74) is 10.7. The molecule has 3 rings (SSSR count). The lowest BCUT2D eigenvalue weighted by Crippen LogP contribution is -2.32. The molecule has 0 radical (unpaired) electrons. The summed E-state index contributed by atoms with van der Waals surface area (Å²) in [4.78, 5) is 11.1. The van der Waals surface area contributed by atoms with Crippen LogP contribution in [0.15, 0.2) is 18.2 Å². The lowest BCUT2D eigenvalue weighted by Gasteiger charge is -2.21. The predicted molar refractivity (Wildman–Crippen MR) is 114 cm³/mol. The summed E-state index contributed by atoms with van der Waals surface area (Å²) in [6, 6.07) is 4.75. The zero-order valence-corrected chi connectivity index (χ0v) is 17.4. The zero-order valence-electron chi connectivity index (χ0n) is 17.4. The first-order valence-corrected chi connectivity index (χ1v) is 10.4. The average Bonchev–Trinajstić information content (AvgIpc) is 3.16. The number of halogens is 3. The molecule has 1 unspecified atom stereocenters. The Morgan fingerprint density at radius 1 is 1.17 bits per heavy atom. The molecule has 0 amide bonds. The molecule has 164 valence electrons. The van der Waals surface area contributed by atoms with Crippen LogP contribution in [0.4, 0.5) is 30.4 Å². The van der Waals surface area contributed by atoms with Gasteiger partial charge >= 0.3 is 6.18 Å². The molecule has 1 atom stereocenters. The molecular weight excluding hydrogens is 393 g/mol. The number of rotatable bonds is 7. The molecule has 1 saturated heterocycles. The lowest BCUT2D eigenvalue weighted by molar-refractivity contribution is -0.136. The second-order valence-electron chi connectivity index (χ2n) is 7.63. The van der Waals surface area contributed by atoms with Gasteiger partial charge in [0, 0.05) is 42.3 Å². The normalized spacial score (nSPS) is 17.0. The summed E-state index contributed by atoms with van der Waals surface area (Å²) in [5, 5.41) is 3.41. The minimum Gasteiger partial charge on any atom is -0.398 e. The van der Waals surface area contributed by atoms with Gasteiger partial charge in [-0.1, -0.05) is 20.3 Å². The van der Waals surface area contributed by atoms with E-state index in [-0.39, 0.29) is 22.8 Å². The van der Waals surface area contributed by atoms with E-state index < -0.39 is 11.7 Å². The lowest BCUT2D eigenvalue weighted by atomic mass is 10.0. The Labute approximate surface area is 174 Å². The number of nitrogen functional groups attached to an aromatic ring is 2. The number of aromatic nitrogens is 2. The summed E-state index contributed by atoms with van der Waals surface area (Å²) in [5.74, 6) is 0.601. The van der Waals surface area contributed by atoms with Crippen molar-refractivity contribution in [3.8, 4) is 11.4 Å². The standard InChI is InChI=1S/C21H29F3N6/c1-3-5-6-13-11-17(30-10-9-14(12-30)27-4-2)29-20(28-13)18-15(25)7-8-16(26)19(18)21(22,23)24/h7-8,11,14,27H,3-6,9-10,12,25-26H2,1-2H3. The topological polar surface area (TPSA) is 93.1 Å². The summed E-state index contributed by atoms with van der Waals surface area (Å²) in [6.45, 7) is 6.50. The van der Waals surface area contributed by atoms with Crippen LogP contribution in [0, 0.1) is 0 Å². The number of alkyl halides is 3. The summed E-state index contributed by atoms with van der Waals surface area (Å²) in [7, 11) is 0. The third-order valence-electron chi connectivity index (χ3n) is 5.33. The quantitative estimate of drug-likeness (QED) is 0.587. The molecule has 5 N–H and O–H groups in total. The maximum absolute atomic E-state index is 13.8. The fourth-order valence-corrected chi connectivity index (χ4v) is 3.85. The monoisotopic (exact) mass is 422 g/mol. The highest BCUT2D eigenvalue weighted by Gasteiger charge is 2.38. The molecule has 0 bridgehead atoms. The second kappa shape index (κ2) is 9.07. The maximum atomic E-state index is 13.8. The molecule has 1 aromatic carbocycles. The number of unbranched alkanes of at least 4 members (excludes halogenated alkanes) is 1. The second-order valence-corrected chi connectivity index (χ2v) is 7.63. The molecule has 6 nitrogen and oxygen atoms in total. The minimum atomic E-state index is -4.67. The first-order chi connectivity index (χ1) is 14.2. The van der Waals surface area contributed by atoms with Gasteiger partial charge in [-0.2, -0.15) is 13.2 Å². The van der Waals surface area contributed by atoms with E-state index in [2.05, 4.69) is 34.0 Å². The first kappa shape index (κ1) is 22.1. The van der Waals surface area contributed by atoms with Crippen LogP contribution in [0.3, 0.4) is 0 Å². The van der Waals surface area contributed by atoms with Gasteiger partial charge in [0.2, 0.25) is 0 Å². The van der Waals surface area contributed by atoms with E-state index in [9.17, 15) is 13.2 Å². The van der Waals surface area contributed by atoms with Gasteiger partial charge in [0.1, 0.15) is 5.82 Å². The first-order valence-electron chi connectivity index (χ1n) is 10.4. The number of hydrogen-bond donors (Lipinski definition) is 3. The van der Waals surface area contributed by atoms with Gasteiger partial charge in [0.05, 0.1) is 11.1 Å². The van der Waals surface area contributed by atoms with Crippen LogP contribution in [0.2, 0.25) is 0 Å². The molecule has 30 heavy (non-hydrogen) atoms. The molecule has 9 heteroatoms. The maximum Gasteiger partial charge on any atom is 0.419 e. The molecule has 1 fully saturated rings. The molecule has 2 aromatic rings. The third-order valence-corrected chi connectivity index (χ3v) is 5.33. The van der Waals surface area contributed by atoms with Crippen molar-refractivity contribution in [3.63, 3.8) is 0 Å². The van der Waals surface area contributed by atoms with Crippen molar-refractivity contribution in [2.45, 2.75) is 51.7 Å². The van der Waals surface area contributed by atoms with Crippen molar-refractivity contribution >= 4 is 17.2 Å². The van der Waals surface area contributed by atoms with Gasteiger partial charge in [-0.05, 0) is 37.9 Å². The number of nitrogens with two attached hydrogens (primary N) is 2. The summed E-state index contributed by atoms with van der Waals surface area (Å²) < 4.78 is 41.4. The zero-order chi connectivity index (χ0) is 21.9. The Balaban J connectivity index is 2.11. The van der Waals surface area contributed by atoms with Crippen molar-refractivity contribution in [1.82, 2.24) is 15.3 Å². The molecule has 1 aliphatic heterocycles. The third kappa shape index (κ3) is 4.77. The SMILES string of the molecule is CCCCc1cc(N2CCC(NCC)C2)nc(-c2c(N)ccc(N)c2C(F)(F)F)n1. The Bertz CT molecular complexity index is 884. The molecule has 1 aliphatic rings. The van der Waals surface area contributed by atoms with Crippen LogP contribution in [0.5, 0.6) is 0 Å². The number of likely N-dealkylation sites (N-methyl/N-ethyl adjacent to an activating group) is 1. The number of aryl methyl sites for hydroxylation is 1. The van der Waals surface area contributed by atoms with Gasteiger partial charge < -0.3 is 21.7 Å². The Kier molecular flexibility index (Phi) is 6.70. The number of hydrogen-bond acceptors (Lipinski definition) is 6. The van der Waals surface area contributed by atoms with E-state index in [4.69, 9.17) is 11.5 Å². The van der Waals surface area contributed by atoms with Crippen LogP contribution in [0.25, 0.3) is 11.4 Å². The van der Waals surface area contributed by atoms with Crippen LogP contribution in [0.1, 0.15) is 44.4 Å². The highest BCUT2D eigenvalue weighted by atomic mass is 19.4. The van der Waals surface area contributed by atoms with Crippen LogP contribution < -0.4 is 21.7 Å². The van der Waals surface area contributed by atoms with Gasteiger partial charge in [-0.3, -0.25) is 0 Å². The molecule has 0 spiro atoms. The number of nitrogens with one attached hydrogen (secondary N) is 1. The van der Waals surface area contributed by atoms with Gasteiger partial charge in [-0.15, -0.1) is 0 Å². The van der Waals surface area contributed by atoms with Gasteiger partial charge in [-0.25, -0.2) is 9.97 Å². The van der Waals surface area contributed by atoms with Crippen LogP contribution in [-0.4, -0.2) is 35.6 Å². The number of benzene rings is 1. The Hall–Kier alpha value is -2.55. The van der Waals surface area contributed by atoms with Gasteiger partial charge in [0.25, 0.3) is 0 Å². The van der Waals surface area contributed by atoms with E-state index >= 15 is 0 Å². The van der Waals surface area contributed by atoms with Gasteiger partial charge in [0.15, 0.2) is 5.82 Å². The van der Waals surface area contributed by atoms with Crippen molar-refractivity contribution in [3.05, 3.63) is 29.5 Å². The molecule has 2 heterocycles. The molecule has 0 aliphatic carbocycles.